The van der Waals surface area contributed by atoms with Crippen molar-refractivity contribution in [1.82, 2.24) is 5.32 Å². The first-order chi connectivity index (χ1) is 11.1. The molecule has 0 rings (SSSR count). The quantitative estimate of drug-likeness (QED) is 0.131. The normalized spacial score (nSPS) is 12.0. The average molecular weight is 362 g/mol. The maximum Gasteiger partial charge on any atom is 0.103 e. The lowest BCUT2D eigenvalue weighted by molar-refractivity contribution is 0.523. The SMILES string of the molecule is CCCCCCCCCCCCCCCCCCNC(C)(S)S. The van der Waals surface area contributed by atoms with Gasteiger partial charge in [-0.05, 0) is 19.9 Å². The largest absolute Gasteiger partial charge is 0.295 e. The fourth-order valence-electron chi connectivity index (χ4n) is 3.00. The highest BCUT2D eigenvalue weighted by molar-refractivity contribution is 8.00. The summed E-state index contributed by atoms with van der Waals surface area (Å²) in [6.45, 7) is 5.30. The van der Waals surface area contributed by atoms with Gasteiger partial charge in [0.2, 0.25) is 0 Å². The fourth-order valence-corrected chi connectivity index (χ4v) is 3.22. The molecule has 0 heterocycles. The third-order valence-electron chi connectivity index (χ3n) is 4.49. The van der Waals surface area contributed by atoms with Crippen LogP contribution in [0.15, 0.2) is 0 Å². The first-order valence-electron chi connectivity index (χ1n) is 10.3. The minimum Gasteiger partial charge on any atom is -0.295 e. The second-order valence-electron chi connectivity index (χ2n) is 7.25. The Morgan fingerprint density at radius 3 is 1.17 bits per heavy atom. The van der Waals surface area contributed by atoms with Gasteiger partial charge in [0.25, 0.3) is 0 Å². The molecule has 0 aliphatic carbocycles. The van der Waals surface area contributed by atoms with E-state index in [1.165, 1.54) is 103 Å². The predicted octanol–water partition coefficient (Wildman–Crippen LogP) is 7.37. The molecule has 0 saturated heterocycles. The number of hydrogen-bond donors (Lipinski definition) is 3. The number of thiol groups is 2. The number of rotatable bonds is 18. The number of unbranched alkanes of at least 4 members (excludes halogenated alkanes) is 15. The molecule has 0 bridgehead atoms. The number of nitrogens with one attached hydrogen (secondary N) is 1. The molecule has 140 valence electrons. The second-order valence-corrected chi connectivity index (χ2v) is 9.39. The van der Waals surface area contributed by atoms with Crippen molar-refractivity contribution < 1.29 is 0 Å². The summed E-state index contributed by atoms with van der Waals surface area (Å²) in [5.41, 5.74) is 0. The van der Waals surface area contributed by atoms with Crippen molar-refractivity contribution in [1.29, 1.82) is 0 Å². The van der Waals surface area contributed by atoms with Crippen molar-refractivity contribution in [3.05, 3.63) is 0 Å². The Bertz CT molecular complexity index is 226. The van der Waals surface area contributed by atoms with Crippen molar-refractivity contribution in [2.24, 2.45) is 0 Å². The topological polar surface area (TPSA) is 12.0 Å². The molecule has 0 aromatic carbocycles. The molecule has 0 saturated carbocycles. The van der Waals surface area contributed by atoms with E-state index in [0.717, 1.165) is 6.54 Å². The summed E-state index contributed by atoms with van der Waals surface area (Å²) < 4.78 is -0.324. The summed E-state index contributed by atoms with van der Waals surface area (Å²) in [6.07, 6.45) is 22.7. The Morgan fingerprint density at radius 2 is 0.870 bits per heavy atom. The van der Waals surface area contributed by atoms with Gasteiger partial charge in [0.15, 0.2) is 0 Å². The lowest BCUT2D eigenvalue weighted by Crippen LogP contribution is -2.31. The summed E-state index contributed by atoms with van der Waals surface area (Å²) >= 11 is 8.68. The molecule has 0 unspecified atom stereocenters. The lowest BCUT2D eigenvalue weighted by atomic mass is 10.0. The minimum absolute atomic E-state index is 0.324. The molecule has 0 amide bonds. The van der Waals surface area contributed by atoms with E-state index >= 15 is 0 Å². The van der Waals surface area contributed by atoms with E-state index in [4.69, 9.17) is 0 Å². The Labute approximate surface area is 158 Å². The van der Waals surface area contributed by atoms with E-state index in [0.29, 0.717) is 0 Å². The van der Waals surface area contributed by atoms with E-state index in [9.17, 15) is 0 Å². The summed E-state index contributed by atoms with van der Waals surface area (Å²) in [5, 5.41) is 3.30. The van der Waals surface area contributed by atoms with E-state index in [1.54, 1.807) is 0 Å². The zero-order valence-electron chi connectivity index (χ0n) is 15.9. The Morgan fingerprint density at radius 1 is 0.565 bits per heavy atom. The Balaban J connectivity index is 3.00. The summed E-state index contributed by atoms with van der Waals surface area (Å²) in [7, 11) is 0. The van der Waals surface area contributed by atoms with Crippen LogP contribution in [0.1, 0.15) is 117 Å². The molecule has 1 nitrogen and oxygen atoms in total. The van der Waals surface area contributed by atoms with Crippen LogP contribution >= 0.6 is 25.3 Å². The van der Waals surface area contributed by atoms with Crippen molar-refractivity contribution in [3.63, 3.8) is 0 Å². The smallest absolute Gasteiger partial charge is 0.103 e. The molecule has 0 radical (unpaired) electrons. The van der Waals surface area contributed by atoms with Gasteiger partial charge in [0.1, 0.15) is 4.20 Å². The van der Waals surface area contributed by atoms with Crippen LogP contribution in [-0.2, 0) is 0 Å². The summed E-state index contributed by atoms with van der Waals surface area (Å²) in [5.74, 6) is 0. The third-order valence-corrected chi connectivity index (χ3v) is 4.81. The minimum atomic E-state index is -0.324. The molecule has 0 spiro atoms. The molecular formula is C20H43NS2. The highest BCUT2D eigenvalue weighted by Crippen LogP contribution is 2.15. The van der Waals surface area contributed by atoms with Crippen LogP contribution in [0, 0.1) is 0 Å². The molecule has 0 aliphatic rings. The van der Waals surface area contributed by atoms with Crippen LogP contribution in [0.25, 0.3) is 0 Å². The van der Waals surface area contributed by atoms with Crippen molar-refractivity contribution in [3.8, 4) is 0 Å². The van der Waals surface area contributed by atoms with Gasteiger partial charge in [0, 0.05) is 0 Å². The Hall–Kier alpha value is 0.660. The first kappa shape index (κ1) is 23.7. The average Bonchev–Trinajstić information content (AvgIpc) is 2.49. The number of hydrogen-bond acceptors (Lipinski definition) is 3. The van der Waals surface area contributed by atoms with E-state index < -0.39 is 0 Å². The molecule has 0 fully saturated rings. The third kappa shape index (κ3) is 22.7. The van der Waals surface area contributed by atoms with Gasteiger partial charge in [-0.15, -0.1) is 25.3 Å². The maximum atomic E-state index is 4.34. The van der Waals surface area contributed by atoms with Crippen LogP contribution in [0.4, 0.5) is 0 Å². The summed E-state index contributed by atoms with van der Waals surface area (Å²) in [4.78, 5) is 0. The predicted molar refractivity (Wildman–Crippen MR) is 114 cm³/mol. The molecule has 0 aromatic heterocycles. The van der Waals surface area contributed by atoms with E-state index in [2.05, 4.69) is 37.5 Å². The van der Waals surface area contributed by atoms with Crippen molar-refractivity contribution in [2.75, 3.05) is 6.54 Å². The maximum absolute atomic E-state index is 4.34. The fraction of sp³-hybridized carbons (Fsp3) is 1.00. The van der Waals surface area contributed by atoms with Crippen molar-refractivity contribution >= 4 is 25.3 Å². The molecule has 3 heteroatoms. The first-order valence-corrected chi connectivity index (χ1v) is 11.2. The molecule has 23 heavy (non-hydrogen) atoms. The molecule has 0 atom stereocenters. The van der Waals surface area contributed by atoms with Crippen molar-refractivity contribution in [2.45, 2.75) is 121 Å². The summed E-state index contributed by atoms with van der Waals surface area (Å²) in [6, 6.07) is 0. The zero-order chi connectivity index (χ0) is 17.2. The molecule has 1 N–H and O–H groups in total. The van der Waals surface area contributed by atoms with E-state index in [-0.39, 0.29) is 4.20 Å². The molecule has 0 aromatic rings. The van der Waals surface area contributed by atoms with Gasteiger partial charge in [-0.2, -0.15) is 0 Å². The van der Waals surface area contributed by atoms with Crippen LogP contribution in [-0.4, -0.2) is 10.7 Å². The highest BCUT2D eigenvalue weighted by Gasteiger charge is 2.09. The van der Waals surface area contributed by atoms with Gasteiger partial charge in [0.05, 0.1) is 0 Å². The monoisotopic (exact) mass is 361 g/mol. The second kappa shape index (κ2) is 17.5. The van der Waals surface area contributed by atoms with Crippen LogP contribution < -0.4 is 5.32 Å². The van der Waals surface area contributed by atoms with Gasteiger partial charge >= 0.3 is 0 Å². The molecular weight excluding hydrogens is 318 g/mol. The zero-order valence-corrected chi connectivity index (χ0v) is 17.7. The van der Waals surface area contributed by atoms with Crippen LogP contribution in [0.2, 0.25) is 0 Å². The lowest BCUT2D eigenvalue weighted by Gasteiger charge is -2.18. The van der Waals surface area contributed by atoms with Gasteiger partial charge in [-0.25, -0.2) is 0 Å². The van der Waals surface area contributed by atoms with Gasteiger partial charge in [-0.3, -0.25) is 5.32 Å². The van der Waals surface area contributed by atoms with Gasteiger partial charge < -0.3 is 0 Å². The highest BCUT2D eigenvalue weighted by atomic mass is 32.2. The van der Waals surface area contributed by atoms with Gasteiger partial charge in [-0.1, -0.05) is 103 Å². The van der Waals surface area contributed by atoms with Crippen LogP contribution in [0.3, 0.4) is 0 Å². The standard InChI is InChI=1S/C20H43NS2/c1-3-4-5-6-7-8-9-10-11-12-13-14-15-16-17-18-19-21-20(2,22)23/h21-23H,3-19H2,1-2H3. The van der Waals surface area contributed by atoms with Crippen LogP contribution in [0.5, 0.6) is 0 Å². The van der Waals surface area contributed by atoms with E-state index in [1.807, 2.05) is 6.92 Å². The Kier molecular flexibility index (Phi) is 18.0. The molecule has 0 aliphatic heterocycles.